The Labute approximate surface area is 166 Å². The Kier molecular flexibility index (Phi) is 7.35. The number of nitrogens with one attached hydrogen (secondary N) is 2. The van der Waals surface area contributed by atoms with Gasteiger partial charge in [-0.05, 0) is 0 Å². The fourth-order valence-electron chi connectivity index (χ4n) is 2.69. The van der Waals surface area contributed by atoms with E-state index < -0.39 is 67.7 Å². The average molecular weight is 439 g/mol. The zero-order chi connectivity index (χ0) is 22.6. The maximum Gasteiger partial charge on any atom is 0.471 e. The summed E-state index contributed by atoms with van der Waals surface area (Å²) in [5.41, 5.74) is 4.49. The van der Waals surface area contributed by atoms with Gasteiger partial charge in [-0.3, -0.25) is 14.4 Å². The first-order valence-corrected chi connectivity index (χ1v) is 8.56. The molecular weight excluding hydrogens is 419 g/mol. The van der Waals surface area contributed by atoms with Gasteiger partial charge < -0.3 is 41.0 Å². The number of aliphatic hydroxyl groups excluding tert-OH is 3. The third-order valence-corrected chi connectivity index (χ3v) is 4.21. The van der Waals surface area contributed by atoms with E-state index >= 15 is 0 Å². The molecule has 1 fully saturated rings. The summed E-state index contributed by atoms with van der Waals surface area (Å²) in [7, 11) is 0. The minimum atomic E-state index is -5.04. The van der Waals surface area contributed by atoms with Crippen molar-refractivity contribution < 1.29 is 42.8 Å². The van der Waals surface area contributed by atoms with E-state index in [1.165, 1.54) is 0 Å². The molecule has 0 aliphatic carbocycles. The lowest BCUT2D eigenvalue weighted by atomic mass is 10.0. The van der Waals surface area contributed by atoms with Crippen molar-refractivity contribution in [1.29, 1.82) is 0 Å². The van der Waals surface area contributed by atoms with Crippen molar-refractivity contribution in [2.45, 2.75) is 37.1 Å². The van der Waals surface area contributed by atoms with E-state index in [1.807, 2.05) is 0 Å². The molecule has 1 aliphatic heterocycles. The number of aliphatic hydroxyl groups is 3. The third kappa shape index (κ3) is 5.44. The Morgan fingerprint density at radius 1 is 1.23 bits per heavy atom. The first-order valence-electron chi connectivity index (χ1n) is 8.56. The quantitative estimate of drug-likeness (QED) is 0.237. The molecule has 2 heterocycles. The lowest BCUT2D eigenvalue weighted by Gasteiger charge is -2.17. The third-order valence-electron chi connectivity index (χ3n) is 4.21. The highest BCUT2D eigenvalue weighted by atomic mass is 19.4. The fourth-order valence-corrected chi connectivity index (χ4v) is 2.69. The van der Waals surface area contributed by atoms with Gasteiger partial charge in [0.25, 0.3) is 5.56 Å². The summed E-state index contributed by atoms with van der Waals surface area (Å²) in [5.74, 6) is -3.23. The number of halogens is 3. The summed E-state index contributed by atoms with van der Waals surface area (Å²) in [6, 6.07) is 0. The molecule has 0 spiro atoms. The average Bonchev–Trinajstić information content (AvgIpc) is 2.94. The molecule has 0 radical (unpaired) electrons. The van der Waals surface area contributed by atoms with E-state index in [1.54, 1.807) is 5.32 Å². The number of rotatable bonds is 7. The van der Waals surface area contributed by atoms with Gasteiger partial charge in [-0.1, -0.05) is 0 Å². The smallest absolute Gasteiger partial charge is 0.394 e. The molecule has 1 aliphatic rings. The second-order valence-electron chi connectivity index (χ2n) is 6.35. The molecule has 4 atom stereocenters. The summed E-state index contributed by atoms with van der Waals surface area (Å²) < 4.78 is 42.4. The number of nitrogen functional groups attached to an aromatic ring is 1. The molecular formula is C15H20F3N5O7. The van der Waals surface area contributed by atoms with Gasteiger partial charge in [0, 0.05) is 19.3 Å². The van der Waals surface area contributed by atoms with Gasteiger partial charge in [-0.15, -0.1) is 0 Å². The molecule has 12 nitrogen and oxygen atoms in total. The summed E-state index contributed by atoms with van der Waals surface area (Å²) >= 11 is 0. The highest BCUT2D eigenvalue weighted by Gasteiger charge is 2.44. The number of aromatic nitrogens is 2. The second kappa shape index (κ2) is 9.38. The zero-order valence-electron chi connectivity index (χ0n) is 15.3. The van der Waals surface area contributed by atoms with Crippen LogP contribution < -0.4 is 21.9 Å². The molecule has 1 aromatic heterocycles. The van der Waals surface area contributed by atoms with Crippen LogP contribution in [0.4, 0.5) is 19.1 Å². The number of hydrogen-bond donors (Lipinski definition) is 6. The van der Waals surface area contributed by atoms with Gasteiger partial charge in [-0.2, -0.15) is 18.2 Å². The summed E-state index contributed by atoms with van der Waals surface area (Å²) in [5, 5.41) is 32.8. The predicted octanol–water partition coefficient (Wildman–Crippen LogP) is -3.23. The Morgan fingerprint density at radius 2 is 1.87 bits per heavy atom. The van der Waals surface area contributed by atoms with Gasteiger partial charge in [0.15, 0.2) is 0 Å². The number of alkyl halides is 3. The van der Waals surface area contributed by atoms with Crippen LogP contribution in [0.1, 0.15) is 11.7 Å². The van der Waals surface area contributed by atoms with Crippen LogP contribution in [-0.4, -0.2) is 80.9 Å². The van der Waals surface area contributed by atoms with Crippen LogP contribution in [-0.2, 0) is 20.9 Å². The van der Waals surface area contributed by atoms with Crippen LogP contribution >= 0.6 is 0 Å². The van der Waals surface area contributed by atoms with Gasteiger partial charge in [-0.25, -0.2) is 0 Å². The molecule has 1 unspecified atom stereocenters. The number of amides is 2. The Balaban J connectivity index is 2.01. The van der Waals surface area contributed by atoms with E-state index in [2.05, 4.69) is 10.3 Å². The van der Waals surface area contributed by atoms with Crippen molar-refractivity contribution in [2.24, 2.45) is 0 Å². The first kappa shape index (κ1) is 23.5. The molecule has 15 heteroatoms. The number of carbonyl (C=O) groups is 2. The number of nitrogens with two attached hydrogens (primary N) is 1. The van der Waals surface area contributed by atoms with Crippen LogP contribution in [0, 0.1) is 0 Å². The van der Waals surface area contributed by atoms with Crippen LogP contribution in [0.25, 0.3) is 0 Å². The number of hydrogen-bond acceptors (Lipinski definition) is 9. The van der Waals surface area contributed by atoms with E-state index in [4.69, 9.17) is 15.6 Å². The first-order chi connectivity index (χ1) is 14.0. The number of carbonyl (C=O) groups excluding carboxylic acids is 2. The Bertz CT molecular complexity index is 847. The van der Waals surface area contributed by atoms with Gasteiger partial charge >= 0.3 is 12.1 Å². The molecule has 7 N–H and O–H groups in total. The maximum atomic E-state index is 12.1. The number of anilines is 1. The van der Waals surface area contributed by atoms with Gasteiger partial charge in [0.05, 0.1) is 12.2 Å². The molecule has 1 aromatic rings. The van der Waals surface area contributed by atoms with Crippen LogP contribution in [0.15, 0.2) is 11.0 Å². The van der Waals surface area contributed by atoms with Crippen molar-refractivity contribution in [2.75, 3.05) is 25.4 Å². The topological polar surface area (TPSA) is 189 Å². The van der Waals surface area contributed by atoms with Crippen molar-refractivity contribution >= 4 is 17.8 Å². The largest absolute Gasteiger partial charge is 0.471 e. The highest BCUT2D eigenvalue weighted by Crippen LogP contribution is 2.31. The molecule has 0 aromatic carbocycles. The normalized spacial score (nSPS) is 23.9. The minimum Gasteiger partial charge on any atom is -0.394 e. The highest BCUT2D eigenvalue weighted by molar-refractivity contribution is 5.81. The minimum absolute atomic E-state index is 0.225. The van der Waals surface area contributed by atoms with Crippen molar-refractivity contribution in [3.05, 3.63) is 22.1 Å². The molecule has 0 saturated carbocycles. The summed E-state index contributed by atoms with van der Waals surface area (Å²) in [6.45, 7) is -1.89. The van der Waals surface area contributed by atoms with E-state index in [-0.39, 0.29) is 18.1 Å². The molecule has 1 saturated heterocycles. The standard InChI is InChI=1S/C15H20F3N5O7/c16-15(17,18)13(29)21-2-1-20-8(25)4-23-3-6(12(28)22-14(23)19)11-10(27)9(26)7(5-24)30-11/h3,7,9-11,24,26-27H,1-2,4-5H2,(H,20,25)(H,21,29)(H2,19,22,28)/t7-,9+,10?,11+/m1/s1. The molecule has 2 amide bonds. The van der Waals surface area contributed by atoms with Crippen molar-refractivity contribution in [1.82, 2.24) is 20.2 Å². The van der Waals surface area contributed by atoms with Crippen LogP contribution in [0.5, 0.6) is 0 Å². The summed E-state index contributed by atoms with van der Waals surface area (Å²) in [6.07, 6.45) is -9.42. The lowest BCUT2D eigenvalue weighted by molar-refractivity contribution is -0.173. The fraction of sp³-hybridized carbons (Fsp3) is 0.600. The van der Waals surface area contributed by atoms with Crippen molar-refractivity contribution in [3.63, 3.8) is 0 Å². The number of ether oxygens (including phenoxy) is 1. The van der Waals surface area contributed by atoms with Gasteiger partial charge in [0.2, 0.25) is 11.9 Å². The zero-order valence-corrected chi connectivity index (χ0v) is 15.3. The molecule has 168 valence electrons. The molecule has 2 rings (SSSR count). The second-order valence-corrected chi connectivity index (χ2v) is 6.35. The number of nitrogens with zero attached hydrogens (tertiary/aromatic N) is 2. The Hall–Kier alpha value is -2.75. The molecule has 30 heavy (non-hydrogen) atoms. The predicted molar refractivity (Wildman–Crippen MR) is 91.7 cm³/mol. The van der Waals surface area contributed by atoms with Gasteiger partial charge in [0.1, 0.15) is 31.0 Å². The Morgan fingerprint density at radius 3 is 2.43 bits per heavy atom. The van der Waals surface area contributed by atoms with E-state index in [0.29, 0.717) is 0 Å². The monoisotopic (exact) mass is 439 g/mol. The van der Waals surface area contributed by atoms with Crippen molar-refractivity contribution in [3.8, 4) is 0 Å². The van der Waals surface area contributed by atoms with E-state index in [9.17, 15) is 37.8 Å². The summed E-state index contributed by atoms with van der Waals surface area (Å²) in [4.78, 5) is 38.2. The van der Waals surface area contributed by atoms with E-state index in [0.717, 1.165) is 10.8 Å². The SMILES string of the molecule is Nc1nc(=O)c([C@@H]2O[C@H](CO)[C@H](O)C2O)cn1CC(=O)NCCNC(=O)C(F)(F)F. The maximum absolute atomic E-state index is 12.1. The lowest BCUT2D eigenvalue weighted by Crippen LogP contribution is -2.41. The van der Waals surface area contributed by atoms with Crippen LogP contribution in [0.3, 0.4) is 0 Å². The van der Waals surface area contributed by atoms with Crippen LogP contribution in [0.2, 0.25) is 0 Å². The molecule has 0 bridgehead atoms.